The molecule has 1 saturated heterocycles. The maximum absolute atomic E-state index is 13.3. The number of nitrogens with zero attached hydrogens (tertiary/aromatic N) is 3. The minimum absolute atomic E-state index is 0.0433. The van der Waals surface area contributed by atoms with E-state index in [1.165, 1.54) is 18.2 Å². The van der Waals surface area contributed by atoms with Gasteiger partial charge in [-0.05, 0) is 69.9 Å². The molecular formula is C14H16BrFN6O2. The molecule has 3 rings (SSSR count). The fraction of sp³-hybridized carbons (Fsp3) is 0.357. The molecule has 1 aromatic carbocycles. The molecule has 1 fully saturated rings. The summed E-state index contributed by atoms with van der Waals surface area (Å²) in [5, 5.41) is 29.3. The summed E-state index contributed by atoms with van der Waals surface area (Å²) in [4.78, 5) is 0. The van der Waals surface area contributed by atoms with Crippen molar-refractivity contribution in [3.63, 3.8) is 0 Å². The van der Waals surface area contributed by atoms with Crippen LogP contribution in [0.4, 0.5) is 15.9 Å². The summed E-state index contributed by atoms with van der Waals surface area (Å²) in [6.45, 7) is 2.64. The van der Waals surface area contributed by atoms with Gasteiger partial charge in [0.05, 0.1) is 4.47 Å². The summed E-state index contributed by atoms with van der Waals surface area (Å²) >= 11 is 3.10. The van der Waals surface area contributed by atoms with E-state index in [2.05, 4.69) is 47.3 Å². The van der Waals surface area contributed by atoms with Gasteiger partial charge in [-0.15, -0.1) is 0 Å². The van der Waals surface area contributed by atoms with Crippen molar-refractivity contribution >= 4 is 33.3 Å². The first-order valence-corrected chi connectivity index (χ1v) is 8.18. The van der Waals surface area contributed by atoms with Crippen LogP contribution in [-0.2, 0) is 0 Å². The highest BCUT2D eigenvalue weighted by molar-refractivity contribution is 9.10. The molecule has 1 atom stereocenters. The smallest absolute Gasteiger partial charge is 0.203 e. The quantitative estimate of drug-likeness (QED) is 0.264. The van der Waals surface area contributed by atoms with Crippen molar-refractivity contribution in [2.24, 2.45) is 11.1 Å². The van der Waals surface area contributed by atoms with Gasteiger partial charge in [-0.1, -0.05) is 5.16 Å². The lowest BCUT2D eigenvalue weighted by molar-refractivity contribution is 0.305. The Labute approximate surface area is 145 Å². The highest BCUT2D eigenvalue weighted by Gasteiger charge is 2.20. The summed E-state index contributed by atoms with van der Waals surface area (Å²) in [5.41, 5.74) is 0.758. The van der Waals surface area contributed by atoms with Crippen molar-refractivity contribution in [1.82, 2.24) is 15.6 Å². The lowest BCUT2D eigenvalue weighted by Crippen LogP contribution is -2.20. The average molecular weight is 399 g/mol. The maximum atomic E-state index is 13.3. The molecule has 1 aliphatic rings. The van der Waals surface area contributed by atoms with Crippen LogP contribution in [0.5, 0.6) is 0 Å². The number of benzene rings is 1. The summed E-state index contributed by atoms with van der Waals surface area (Å²) in [7, 11) is 0. The molecule has 128 valence electrons. The summed E-state index contributed by atoms with van der Waals surface area (Å²) in [6, 6.07) is 4.32. The van der Waals surface area contributed by atoms with Crippen molar-refractivity contribution in [3.8, 4) is 0 Å². The summed E-state index contributed by atoms with van der Waals surface area (Å²) < 4.78 is 18.3. The molecule has 2 aromatic rings. The Kier molecular flexibility index (Phi) is 5.26. The first-order valence-electron chi connectivity index (χ1n) is 7.39. The Hall–Kier alpha value is -2.20. The number of oxime groups is 1. The molecule has 0 radical (unpaired) electrons. The Morgan fingerprint density at radius 1 is 1.50 bits per heavy atom. The van der Waals surface area contributed by atoms with Gasteiger partial charge in [0.2, 0.25) is 11.7 Å². The summed E-state index contributed by atoms with van der Waals surface area (Å²) in [5.74, 6) is 0.522. The molecule has 1 aromatic heterocycles. The maximum Gasteiger partial charge on any atom is 0.203 e. The minimum Gasteiger partial charge on any atom is -0.409 e. The Balaban J connectivity index is 1.71. The fourth-order valence-electron chi connectivity index (χ4n) is 2.43. The molecule has 0 saturated carbocycles. The average Bonchev–Trinajstić information content (AvgIpc) is 3.25. The van der Waals surface area contributed by atoms with E-state index in [1.807, 2.05) is 0 Å². The normalized spacial score (nSPS) is 17.9. The molecule has 24 heavy (non-hydrogen) atoms. The first-order chi connectivity index (χ1) is 11.7. The van der Waals surface area contributed by atoms with Crippen LogP contribution < -0.4 is 16.0 Å². The van der Waals surface area contributed by atoms with Gasteiger partial charge in [0, 0.05) is 12.2 Å². The van der Waals surface area contributed by atoms with Gasteiger partial charge in [-0.2, -0.15) is 0 Å². The molecule has 2 heterocycles. The van der Waals surface area contributed by atoms with E-state index in [-0.39, 0.29) is 16.0 Å². The van der Waals surface area contributed by atoms with E-state index in [1.54, 1.807) is 0 Å². The van der Waals surface area contributed by atoms with Gasteiger partial charge in [0.15, 0.2) is 5.69 Å². The Morgan fingerprint density at radius 3 is 3.08 bits per heavy atom. The molecule has 0 amide bonds. The van der Waals surface area contributed by atoms with Gasteiger partial charge in [0.25, 0.3) is 0 Å². The number of rotatable bonds is 5. The molecule has 4 N–H and O–H groups in total. The Morgan fingerprint density at radius 2 is 2.38 bits per heavy atom. The van der Waals surface area contributed by atoms with E-state index in [0.29, 0.717) is 24.0 Å². The molecule has 10 heteroatoms. The number of hydrogen-bond acceptors (Lipinski definition) is 7. The number of nitrogens with one attached hydrogen (secondary N) is 3. The van der Waals surface area contributed by atoms with Gasteiger partial charge in [0.1, 0.15) is 5.82 Å². The zero-order valence-electron chi connectivity index (χ0n) is 12.6. The fourth-order valence-corrected chi connectivity index (χ4v) is 2.81. The van der Waals surface area contributed by atoms with Crippen molar-refractivity contribution in [1.29, 1.82) is 0 Å². The van der Waals surface area contributed by atoms with Crippen molar-refractivity contribution < 1.29 is 14.2 Å². The number of halogens is 2. The Bertz CT molecular complexity index is 732. The van der Waals surface area contributed by atoms with Gasteiger partial charge < -0.3 is 21.2 Å². The van der Waals surface area contributed by atoms with Gasteiger partial charge in [-0.25, -0.2) is 9.02 Å². The standard InChI is InChI=1S/C14H16BrFN6O2/c15-10-5-9(1-2-11(10)16)19-14(20-23)12-13(22-24-21-12)18-7-8-3-4-17-6-8/h1-2,5,8,17,23H,3-4,6-7H2,(H,18,22)(H,19,20). The lowest BCUT2D eigenvalue weighted by Gasteiger charge is -2.10. The van der Waals surface area contributed by atoms with Crippen LogP contribution in [0, 0.1) is 11.7 Å². The van der Waals surface area contributed by atoms with E-state index >= 15 is 0 Å². The topological polar surface area (TPSA) is 108 Å². The lowest BCUT2D eigenvalue weighted by atomic mass is 10.1. The second-order valence-electron chi connectivity index (χ2n) is 5.40. The molecule has 0 spiro atoms. The van der Waals surface area contributed by atoms with Crippen LogP contribution in [0.25, 0.3) is 0 Å². The van der Waals surface area contributed by atoms with E-state index in [9.17, 15) is 9.60 Å². The van der Waals surface area contributed by atoms with Crippen molar-refractivity contribution in [2.45, 2.75) is 6.42 Å². The molecule has 1 unspecified atom stereocenters. The third-order valence-electron chi connectivity index (χ3n) is 3.72. The SMILES string of the molecule is ON=C(Nc1ccc(F)c(Br)c1)c1nonc1NCC1CCNC1. The molecule has 1 aliphatic heterocycles. The highest BCUT2D eigenvalue weighted by Crippen LogP contribution is 2.21. The zero-order valence-corrected chi connectivity index (χ0v) is 14.2. The first kappa shape index (κ1) is 16.7. The van der Waals surface area contributed by atoms with Crippen LogP contribution in [0.2, 0.25) is 0 Å². The number of amidine groups is 1. The highest BCUT2D eigenvalue weighted by atomic mass is 79.9. The van der Waals surface area contributed by atoms with Crippen LogP contribution >= 0.6 is 15.9 Å². The predicted octanol–water partition coefficient (Wildman–Crippen LogP) is 2.24. The third kappa shape index (κ3) is 3.82. The van der Waals surface area contributed by atoms with Gasteiger partial charge in [-0.3, -0.25) is 0 Å². The largest absolute Gasteiger partial charge is 0.409 e. The summed E-state index contributed by atoms with van der Waals surface area (Å²) in [6.07, 6.45) is 1.08. The van der Waals surface area contributed by atoms with E-state index in [0.717, 1.165) is 19.5 Å². The van der Waals surface area contributed by atoms with Gasteiger partial charge >= 0.3 is 0 Å². The predicted molar refractivity (Wildman–Crippen MR) is 89.8 cm³/mol. The zero-order chi connectivity index (χ0) is 16.9. The van der Waals surface area contributed by atoms with Crippen LogP contribution in [0.15, 0.2) is 32.5 Å². The molecule has 0 bridgehead atoms. The monoisotopic (exact) mass is 398 g/mol. The molecule has 0 aliphatic carbocycles. The van der Waals surface area contributed by atoms with E-state index < -0.39 is 5.82 Å². The van der Waals surface area contributed by atoms with Crippen molar-refractivity contribution in [2.75, 3.05) is 30.3 Å². The van der Waals surface area contributed by atoms with Crippen LogP contribution in [0.3, 0.4) is 0 Å². The molecular weight excluding hydrogens is 383 g/mol. The van der Waals surface area contributed by atoms with E-state index in [4.69, 9.17) is 4.63 Å². The number of anilines is 2. The van der Waals surface area contributed by atoms with Crippen LogP contribution in [-0.4, -0.2) is 41.0 Å². The second kappa shape index (κ2) is 7.58. The third-order valence-corrected chi connectivity index (χ3v) is 4.32. The van der Waals surface area contributed by atoms with Crippen molar-refractivity contribution in [3.05, 3.63) is 34.2 Å². The minimum atomic E-state index is -0.390. The molecule has 8 nitrogen and oxygen atoms in total. The number of hydrogen-bond donors (Lipinski definition) is 4. The number of aromatic nitrogens is 2. The van der Waals surface area contributed by atoms with Crippen LogP contribution in [0.1, 0.15) is 12.1 Å². The second-order valence-corrected chi connectivity index (χ2v) is 6.26.